The molecule has 0 fully saturated rings. The number of unbranched alkanes of at least 4 members (excludes halogenated alkanes) is 9. The summed E-state index contributed by atoms with van der Waals surface area (Å²) in [5.41, 5.74) is 0. The van der Waals surface area contributed by atoms with Gasteiger partial charge in [-0.25, -0.2) is 0 Å². The number of esters is 1. The predicted octanol–water partition coefficient (Wildman–Crippen LogP) is 11.2. The fourth-order valence-electron chi connectivity index (χ4n) is 4.80. The molecule has 1 unspecified atom stereocenters. The number of carboxylic acids is 1. The normalized spacial score (nSPS) is 13.0. The maximum Gasteiger partial charge on any atom is 0.322 e. The van der Waals surface area contributed by atoms with Crippen LogP contribution in [0.1, 0.15) is 149 Å². The van der Waals surface area contributed by atoms with Gasteiger partial charge in [-0.1, -0.05) is 138 Å². The molecule has 0 aliphatic rings. The molecule has 1 amide bonds. The summed E-state index contributed by atoms with van der Waals surface area (Å²) in [6, 6.07) is 0. The molecule has 0 saturated heterocycles. The lowest BCUT2D eigenvalue weighted by Gasteiger charge is -2.14. The van der Waals surface area contributed by atoms with Crippen molar-refractivity contribution < 1.29 is 24.2 Å². The lowest BCUT2D eigenvalue weighted by atomic mass is 10.1. The lowest BCUT2D eigenvalue weighted by Crippen LogP contribution is -2.28. The minimum absolute atomic E-state index is 0.168. The van der Waals surface area contributed by atoms with Gasteiger partial charge in [0.15, 0.2) is 0 Å². The molecule has 0 heterocycles. The number of allylic oxidation sites excluding steroid dienone is 13. The highest BCUT2D eigenvalue weighted by atomic mass is 16.5. The lowest BCUT2D eigenvalue weighted by molar-refractivity contribution is -0.147. The fourth-order valence-corrected chi connectivity index (χ4v) is 4.80. The average molecular weight is 666 g/mol. The summed E-state index contributed by atoms with van der Waals surface area (Å²) in [6.45, 7) is 4.04. The van der Waals surface area contributed by atoms with Crippen LogP contribution < -0.4 is 5.32 Å². The summed E-state index contributed by atoms with van der Waals surface area (Å²) in [6.07, 6.45) is 50.0. The first-order chi connectivity index (χ1) is 23.5. The van der Waals surface area contributed by atoms with Crippen LogP contribution in [0.3, 0.4) is 0 Å². The summed E-state index contributed by atoms with van der Waals surface area (Å²) >= 11 is 0. The number of carbonyl (C=O) groups is 3. The van der Waals surface area contributed by atoms with Crippen LogP contribution in [0.2, 0.25) is 0 Å². The highest BCUT2D eigenvalue weighted by Crippen LogP contribution is 2.14. The van der Waals surface area contributed by atoms with E-state index in [1.807, 2.05) is 0 Å². The van der Waals surface area contributed by atoms with Gasteiger partial charge < -0.3 is 15.2 Å². The first-order valence-electron chi connectivity index (χ1n) is 18.7. The van der Waals surface area contributed by atoms with Crippen LogP contribution in [0.25, 0.3) is 0 Å². The first kappa shape index (κ1) is 44.6. The second kappa shape index (κ2) is 36.4. The van der Waals surface area contributed by atoms with Crippen molar-refractivity contribution in [1.29, 1.82) is 0 Å². The van der Waals surface area contributed by atoms with E-state index in [0.29, 0.717) is 19.3 Å². The van der Waals surface area contributed by atoms with E-state index in [2.05, 4.69) is 104 Å². The van der Waals surface area contributed by atoms with Gasteiger partial charge in [0.1, 0.15) is 12.6 Å². The first-order valence-corrected chi connectivity index (χ1v) is 18.7. The van der Waals surface area contributed by atoms with Crippen LogP contribution in [0.15, 0.2) is 85.1 Å². The van der Waals surface area contributed by atoms with Crippen molar-refractivity contribution in [2.24, 2.45) is 0 Å². The number of amides is 1. The monoisotopic (exact) mass is 666 g/mol. The molecule has 0 saturated carbocycles. The molecule has 2 N–H and O–H groups in total. The van der Waals surface area contributed by atoms with Gasteiger partial charge in [0.05, 0.1) is 0 Å². The van der Waals surface area contributed by atoms with Crippen LogP contribution in [0.4, 0.5) is 0 Å². The van der Waals surface area contributed by atoms with Crippen LogP contribution in [0.5, 0.6) is 0 Å². The van der Waals surface area contributed by atoms with E-state index < -0.39 is 5.97 Å². The third-order valence-corrected chi connectivity index (χ3v) is 7.55. The Labute approximate surface area is 293 Å². The number of ether oxygens (including phenoxy) is 1. The Morgan fingerprint density at radius 2 is 1.10 bits per heavy atom. The molecule has 0 bridgehead atoms. The predicted molar refractivity (Wildman–Crippen MR) is 203 cm³/mol. The van der Waals surface area contributed by atoms with Crippen molar-refractivity contribution in [3.63, 3.8) is 0 Å². The number of nitrogens with one attached hydrogen (secondary N) is 1. The Morgan fingerprint density at radius 1 is 0.583 bits per heavy atom. The molecule has 0 rings (SSSR count). The largest absolute Gasteiger partial charge is 0.480 e. The molecule has 0 aromatic carbocycles. The number of carboxylic acid groups (broad SMARTS) is 1. The van der Waals surface area contributed by atoms with Gasteiger partial charge in [-0.3, -0.25) is 14.4 Å². The van der Waals surface area contributed by atoms with Gasteiger partial charge in [-0.05, 0) is 83.1 Å². The van der Waals surface area contributed by atoms with Gasteiger partial charge in [-0.2, -0.15) is 0 Å². The summed E-state index contributed by atoms with van der Waals surface area (Å²) in [5, 5.41) is 11.0. The van der Waals surface area contributed by atoms with Crippen LogP contribution in [-0.2, 0) is 19.1 Å². The summed E-state index contributed by atoms with van der Waals surface area (Å²) in [7, 11) is 0. The number of hydrogen-bond donors (Lipinski definition) is 2. The average Bonchev–Trinajstić information content (AvgIpc) is 3.07. The van der Waals surface area contributed by atoms with Gasteiger partial charge in [0.25, 0.3) is 0 Å². The van der Waals surface area contributed by atoms with E-state index in [0.717, 1.165) is 83.5 Å². The minimum Gasteiger partial charge on any atom is -0.480 e. The fraction of sp³-hybridized carbons (Fsp3) is 0.595. The van der Waals surface area contributed by atoms with E-state index in [1.54, 1.807) is 0 Å². The molecule has 0 aromatic heterocycles. The van der Waals surface area contributed by atoms with Crippen molar-refractivity contribution in [1.82, 2.24) is 5.32 Å². The number of hydrogen-bond acceptors (Lipinski definition) is 4. The van der Waals surface area contributed by atoms with E-state index in [1.165, 1.54) is 32.1 Å². The van der Waals surface area contributed by atoms with Crippen LogP contribution in [0, 0.1) is 0 Å². The smallest absolute Gasteiger partial charge is 0.322 e. The van der Waals surface area contributed by atoms with Gasteiger partial charge >= 0.3 is 11.9 Å². The molecule has 270 valence electrons. The van der Waals surface area contributed by atoms with E-state index in [-0.39, 0.29) is 24.5 Å². The third kappa shape index (κ3) is 35.4. The van der Waals surface area contributed by atoms with Gasteiger partial charge in [0, 0.05) is 12.8 Å². The van der Waals surface area contributed by atoms with Gasteiger partial charge in [-0.15, -0.1) is 0 Å². The molecule has 1 atom stereocenters. The number of carbonyl (C=O) groups excluding carboxylic acids is 2. The summed E-state index contributed by atoms with van der Waals surface area (Å²) in [4.78, 5) is 34.8. The molecule has 0 aromatic rings. The Bertz CT molecular complexity index is 1000. The zero-order valence-electron chi connectivity index (χ0n) is 30.3. The molecule has 0 aliphatic carbocycles. The van der Waals surface area contributed by atoms with Crippen LogP contribution >= 0.6 is 0 Å². The maximum atomic E-state index is 12.6. The second-order valence-corrected chi connectivity index (χ2v) is 12.1. The van der Waals surface area contributed by atoms with Crippen molar-refractivity contribution in [2.45, 2.75) is 155 Å². The van der Waals surface area contributed by atoms with Gasteiger partial charge in [0.2, 0.25) is 5.91 Å². The summed E-state index contributed by atoms with van der Waals surface area (Å²) in [5.74, 6) is -1.43. The topological polar surface area (TPSA) is 92.7 Å². The van der Waals surface area contributed by atoms with Crippen LogP contribution in [-0.4, -0.2) is 35.6 Å². The zero-order chi connectivity index (χ0) is 35.2. The maximum absolute atomic E-state index is 12.6. The van der Waals surface area contributed by atoms with Crippen molar-refractivity contribution in [3.8, 4) is 0 Å². The van der Waals surface area contributed by atoms with Crippen molar-refractivity contribution in [2.75, 3.05) is 6.54 Å². The molecule has 0 spiro atoms. The Hall–Kier alpha value is -3.41. The molecule has 6 nitrogen and oxygen atoms in total. The molecule has 0 radical (unpaired) electrons. The van der Waals surface area contributed by atoms with Crippen molar-refractivity contribution >= 4 is 17.8 Å². The molecule has 48 heavy (non-hydrogen) atoms. The number of aliphatic carboxylic acids is 1. The summed E-state index contributed by atoms with van der Waals surface area (Å²) < 4.78 is 5.83. The Morgan fingerprint density at radius 3 is 1.69 bits per heavy atom. The Balaban J connectivity index is 4.31. The highest BCUT2D eigenvalue weighted by molar-refractivity contribution is 5.80. The zero-order valence-corrected chi connectivity index (χ0v) is 30.3. The van der Waals surface area contributed by atoms with E-state index in [9.17, 15) is 14.4 Å². The van der Waals surface area contributed by atoms with E-state index >= 15 is 0 Å². The molecular formula is C42H67NO5. The SMILES string of the molecule is CC/C=C\C/C=C\C/C=C\C/C=C\C/C=C\C/C=C\CCC(=O)OC(/C=C\CCCCCCCC)CCCCCCC(=O)NCC(=O)O. The number of rotatable bonds is 32. The molecule has 6 heteroatoms. The minimum atomic E-state index is -1.04. The molecular weight excluding hydrogens is 598 g/mol. The quantitative estimate of drug-likeness (QED) is 0.0424. The second-order valence-electron chi connectivity index (χ2n) is 12.1. The molecule has 0 aliphatic heterocycles. The van der Waals surface area contributed by atoms with Crippen molar-refractivity contribution in [3.05, 3.63) is 85.1 Å². The third-order valence-electron chi connectivity index (χ3n) is 7.55. The van der Waals surface area contributed by atoms with E-state index in [4.69, 9.17) is 9.84 Å². The standard InChI is InChI=1S/C42H67NO5/c1-3-5-7-9-11-13-14-15-16-17-18-19-20-21-22-23-25-27-33-37-42(47)48-39(34-30-26-24-12-10-8-6-4-2)35-31-28-29-32-36-40(44)43-38-41(45)46/h5,7,11,13,15-16,18-19,21-22,25,27,30,34,39H,3-4,6,8-10,12,14,17,20,23-24,26,28-29,31-33,35-38H2,1-2H3,(H,43,44)(H,45,46)/b7-5-,13-11-,16-15-,19-18-,22-21-,27-25-,34-30-. The highest BCUT2D eigenvalue weighted by Gasteiger charge is 2.11. The Kier molecular flexibility index (Phi) is 33.8.